The van der Waals surface area contributed by atoms with Crippen LogP contribution in [0, 0.1) is 0 Å². The van der Waals surface area contributed by atoms with Crippen LogP contribution in [0.15, 0.2) is 47.4 Å². The summed E-state index contributed by atoms with van der Waals surface area (Å²) in [7, 11) is 1.59. The van der Waals surface area contributed by atoms with Crippen molar-refractivity contribution in [2.75, 3.05) is 12.0 Å². The van der Waals surface area contributed by atoms with Crippen molar-refractivity contribution in [1.82, 2.24) is 0 Å². The molecule has 7 heteroatoms. The molecule has 0 spiro atoms. The first-order valence-electron chi connectivity index (χ1n) is 6.86. The van der Waals surface area contributed by atoms with Gasteiger partial charge in [0.15, 0.2) is 4.32 Å². The van der Waals surface area contributed by atoms with Crippen LogP contribution in [-0.4, -0.2) is 17.3 Å². The Morgan fingerprint density at radius 3 is 2.50 bits per heavy atom. The van der Waals surface area contributed by atoms with Crippen molar-refractivity contribution in [3.8, 4) is 5.75 Å². The van der Waals surface area contributed by atoms with Crippen LogP contribution in [0.3, 0.4) is 0 Å². The fraction of sp³-hybridized carbons (Fsp3) is 0.0588. The van der Waals surface area contributed by atoms with Crippen LogP contribution in [0.5, 0.6) is 5.75 Å². The van der Waals surface area contributed by atoms with Gasteiger partial charge in [0.2, 0.25) is 0 Å². The number of anilines is 1. The Morgan fingerprint density at radius 1 is 1.17 bits per heavy atom. The summed E-state index contributed by atoms with van der Waals surface area (Å²) < 4.78 is 5.60. The quantitative estimate of drug-likeness (QED) is 0.513. The number of hydrogen-bond donors (Lipinski definition) is 0. The molecule has 2 aromatic carbocycles. The number of carbonyl (C=O) groups is 1. The van der Waals surface area contributed by atoms with Gasteiger partial charge in [0.25, 0.3) is 5.91 Å². The lowest BCUT2D eigenvalue weighted by Gasteiger charge is -2.14. The third kappa shape index (κ3) is 3.44. The third-order valence-electron chi connectivity index (χ3n) is 3.37. The first-order chi connectivity index (χ1) is 11.5. The summed E-state index contributed by atoms with van der Waals surface area (Å²) in [5, 5.41) is 1.03. The molecule has 24 heavy (non-hydrogen) atoms. The summed E-state index contributed by atoms with van der Waals surface area (Å²) in [6, 6.07) is 12.3. The van der Waals surface area contributed by atoms with Crippen molar-refractivity contribution >= 4 is 69.2 Å². The first kappa shape index (κ1) is 17.3. The normalized spacial score (nSPS) is 16.1. The van der Waals surface area contributed by atoms with E-state index in [0.29, 0.717) is 30.7 Å². The number of carbonyl (C=O) groups excluding carboxylic acids is 1. The molecule has 0 aliphatic carbocycles. The average Bonchev–Trinajstić information content (AvgIpc) is 2.84. The average molecular weight is 396 g/mol. The zero-order valence-electron chi connectivity index (χ0n) is 12.5. The van der Waals surface area contributed by atoms with E-state index in [1.807, 2.05) is 0 Å². The van der Waals surface area contributed by atoms with Crippen LogP contribution in [0.25, 0.3) is 6.08 Å². The van der Waals surface area contributed by atoms with Gasteiger partial charge in [0.1, 0.15) is 5.75 Å². The van der Waals surface area contributed by atoms with Crippen LogP contribution in [0.2, 0.25) is 10.0 Å². The number of halogens is 2. The van der Waals surface area contributed by atoms with Crippen LogP contribution < -0.4 is 9.64 Å². The number of methoxy groups -OCH3 is 1. The van der Waals surface area contributed by atoms with Gasteiger partial charge in [-0.1, -0.05) is 53.2 Å². The molecule has 1 heterocycles. The van der Waals surface area contributed by atoms with Crippen LogP contribution in [0.4, 0.5) is 5.69 Å². The zero-order valence-corrected chi connectivity index (χ0v) is 15.6. The fourth-order valence-electron chi connectivity index (χ4n) is 2.18. The number of thioether (sulfide) groups is 1. The van der Waals surface area contributed by atoms with E-state index in [9.17, 15) is 4.79 Å². The lowest BCUT2D eigenvalue weighted by atomic mass is 10.2. The molecule has 3 rings (SSSR count). The number of benzene rings is 2. The van der Waals surface area contributed by atoms with Crippen molar-refractivity contribution in [2.45, 2.75) is 0 Å². The molecule has 0 atom stereocenters. The molecule has 3 nitrogen and oxygen atoms in total. The lowest BCUT2D eigenvalue weighted by molar-refractivity contribution is -0.113. The van der Waals surface area contributed by atoms with Gasteiger partial charge in [-0.2, -0.15) is 0 Å². The highest BCUT2D eigenvalue weighted by molar-refractivity contribution is 8.27. The summed E-state index contributed by atoms with van der Waals surface area (Å²) >= 11 is 18.7. The van der Waals surface area contributed by atoms with Gasteiger partial charge in [-0.25, -0.2) is 0 Å². The van der Waals surface area contributed by atoms with E-state index >= 15 is 0 Å². The molecule has 0 bridgehead atoms. The minimum atomic E-state index is -0.179. The van der Waals surface area contributed by atoms with Gasteiger partial charge in [-0.3, -0.25) is 9.69 Å². The van der Waals surface area contributed by atoms with E-state index < -0.39 is 0 Å². The largest absolute Gasteiger partial charge is 0.497 e. The highest BCUT2D eigenvalue weighted by atomic mass is 35.5. The van der Waals surface area contributed by atoms with Crippen molar-refractivity contribution < 1.29 is 9.53 Å². The Morgan fingerprint density at radius 2 is 1.88 bits per heavy atom. The van der Waals surface area contributed by atoms with Crippen LogP contribution in [-0.2, 0) is 4.79 Å². The molecular formula is C17H11Cl2NO2S2. The first-order valence-corrected chi connectivity index (χ1v) is 8.85. The summed E-state index contributed by atoms with van der Waals surface area (Å²) in [6.45, 7) is 0. The Kier molecular flexibility index (Phi) is 5.15. The fourth-order valence-corrected chi connectivity index (χ4v) is 3.93. The van der Waals surface area contributed by atoms with Crippen LogP contribution >= 0.6 is 47.2 Å². The Hall–Kier alpha value is -1.53. The minimum absolute atomic E-state index is 0.179. The SMILES string of the molecule is COc1ccc(N2C(=O)/C(=C\c3ccc(Cl)cc3Cl)SC2=S)cc1. The maximum absolute atomic E-state index is 12.7. The molecule has 0 N–H and O–H groups in total. The predicted octanol–water partition coefficient (Wildman–Crippen LogP) is 5.41. The molecule has 0 saturated carbocycles. The lowest BCUT2D eigenvalue weighted by Crippen LogP contribution is -2.27. The van der Waals surface area contributed by atoms with E-state index in [1.54, 1.807) is 55.7 Å². The van der Waals surface area contributed by atoms with Gasteiger partial charge >= 0.3 is 0 Å². The van der Waals surface area contributed by atoms with E-state index in [1.165, 1.54) is 16.7 Å². The number of rotatable bonds is 3. The maximum Gasteiger partial charge on any atom is 0.270 e. The van der Waals surface area contributed by atoms with E-state index in [4.69, 9.17) is 40.2 Å². The number of hydrogen-bond acceptors (Lipinski definition) is 4. The second-order valence-corrected chi connectivity index (χ2v) is 7.40. The minimum Gasteiger partial charge on any atom is -0.497 e. The summed E-state index contributed by atoms with van der Waals surface area (Å²) in [5.41, 5.74) is 1.42. The topological polar surface area (TPSA) is 29.5 Å². The summed E-state index contributed by atoms with van der Waals surface area (Å²) in [4.78, 5) is 14.7. The van der Waals surface area contributed by atoms with Crippen LogP contribution in [0.1, 0.15) is 5.56 Å². The van der Waals surface area contributed by atoms with Gasteiger partial charge in [0.05, 0.1) is 17.7 Å². The molecule has 1 aliphatic heterocycles. The molecule has 1 saturated heterocycles. The molecule has 1 amide bonds. The van der Waals surface area contributed by atoms with Gasteiger partial charge < -0.3 is 4.74 Å². The van der Waals surface area contributed by atoms with E-state index in [2.05, 4.69) is 0 Å². The van der Waals surface area contributed by atoms with Crippen molar-refractivity contribution in [2.24, 2.45) is 0 Å². The van der Waals surface area contributed by atoms with Gasteiger partial charge in [-0.15, -0.1) is 0 Å². The zero-order chi connectivity index (χ0) is 17.3. The van der Waals surface area contributed by atoms with Crippen molar-refractivity contribution in [3.05, 3.63) is 63.0 Å². The molecule has 0 aromatic heterocycles. The second kappa shape index (κ2) is 7.15. The van der Waals surface area contributed by atoms with Gasteiger partial charge in [0, 0.05) is 10.0 Å². The highest BCUT2D eigenvalue weighted by Gasteiger charge is 2.33. The summed E-state index contributed by atoms with van der Waals surface area (Å²) in [5.74, 6) is 0.536. The van der Waals surface area contributed by atoms with Gasteiger partial charge in [-0.05, 0) is 48.0 Å². The standard InChI is InChI=1S/C17H11Cl2NO2S2/c1-22-13-6-4-12(5-7-13)20-16(21)15(24-17(20)23)8-10-2-3-11(18)9-14(10)19/h2-9H,1H3/b15-8+. The smallest absolute Gasteiger partial charge is 0.270 e. The van der Waals surface area contributed by atoms with E-state index in [0.717, 1.165) is 5.56 Å². The second-order valence-electron chi connectivity index (χ2n) is 4.88. The maximum atomic E-state index is 12.7. The molecule has 122 valence electrons. The van der Waals surface area contributed by atoms with Crippen molar-refractivity contribution in [1.29, 1.82) is 0 Å². The highest BCUT2D eigenvalue weighted by Crippen LogP contribution is 2.37. The van der Waals surface area contributed by atoms with E-state index in [-0.39, 0.29) is 5.91 Å². The monoisotopic (exact) mass is 395 g/mol. The Labute approximate surface area is 159 Å². The molecule has 1 fully saturated rings. The number of ether oxygens (including phenoxy) is 1. The molecule has 0 radical (unpaired) electrons. The Balaban J connectivity index is 1.92. The number of thiocarbonyl (C=S) groups is 1. The third-order valence-corrected chi connectivity index (χ3v) is 5.24. The summed E-state index contributed by atoms with van der Waals surface area (Å²) in [6.07, 6.45) is 1.72. The molecule has 1 aliphatic rings. The molecular weight excluding hydrogens is 385 g/mol. The van der Waals surface area contributed by atoms with Crippen molar-refractivity contribution in [3.63, 3.8) is 0 Å². The molecule has 2 aromatic rings. The number of nitrogens with zero attached hydrogens (tertiary/aromatic N) is 1. The predicted molar refractivity (Wildman–Crippen MR) is 105 cm³/mol. The number of amides is 1. The molecule has 0 unspecified atom stereocenters. The Bertz CT molecular complexity index is 850.